The predicted molar refractivity (Wildman–Crippen MR) is 94.3 cm³/mol. The lowest BCUT2D eigenvalue weighted by atomic mass is 10.3. The molecule has 0 spiro atoms. The van der Waals surface area contributed by atoms with Crippen molar-refractivity contribution in [3.05, 3.63) is 24.5 Å². The normalized spacial score (nSPS) is 12.6. The highest BCUT2D eigenvalue weighted by atomic mass is 32.2. The molecule has 1 aromatic rings. The Morgan fingerprint density at radius 3 is 2.54 bits per heavy atom. The number of nitrogens with one attached hydrogen (secondary N) is 2. The molecule has 0 saturated heterocycles. The van der Waals surface area contributed by atoms with Gasteiger partial charge in [-0.1, -0.05) is 6.58 Å². The van der Waals surface area contributed by atoms with Gasteiger partial charge in [-0.25, -0.2) is 13.4 Å². The van der Waals surface area contributed by atoms with Crippen molar-refractivity contribution in [1.29, 1.82) is 0 Å². The third-order valence-electron chi connectivity index (χ3n) is 3.02. The fraction of sp³-hybridized carbons (Fsp3) is 0.500. The summed E-state index contributed by atoms with van der Waals surface area (Å²) >= 11 is 0. The number of hydrazone groups is 1. The lowest BCUT2D eigenvalue weighted by Crippen LogP contribution is -2.25. The molecule has 1 heterocycles. The summed E-state index contributed by atoms with van der Waals surface area (Å²) < 4.78 is 63.0. The van der Waals surface area contributed by atoms with E-state index in [0.717, 1.165) is 10.6 Å². The van der Waals surface area contributed by atoms with Crippen molar-refractivity contribution < 1.29 is 21.6 Å². The van der Waals surface area contributed by atoms with Crippen molar-refractivity contribution in [3.63, 3.8) is 0 Å². The van der Waals surface area contributed by atoms with E-state index in [4.69, 9.17) is 0 Å². The van der Waals surface area contributed by atoms with Crippen LogP contribution in [0.2, 0.25) is 0 Å². The van der Waals surface area contributed by atoms with Crippen LogP contribution in [0.15, 0.2) is 24.1 Å². The number of alkyl halides is 3. The number of nitrogens with zero attached hydrogens (tertiary/aromatic N) is 4. The van der Waals surface area contributed by atoms with Crippen LogP contribution in [0.1, 0.15) is 26.3 Å². The van der Waals surface area contributed by atoms with Crippen LogP contribution in [-0.4, -0.2) is 47.4 Å². The second-order valence-electron chi connectivity index (χ2n) is 5.03. The Morgan fingerprint density at radius 2 is 2.04 bits per heavy atom. The van der Waals surface area contributed by atoms with Gasteiger partial charge in [0.1, 0.15) is 11.4 Å². The predicted octanol–water partition coefficient (Wildman–Crippen LogP) is 2.51. The van der Waals surface area contributed by atoms with Crippen LogP contribution in [0.5, 0.6) is 0 Å². The number of halogens is 3. The Bertz CT molecular complexity index is 764. The second-order valence-corrected chi connectivity index (χ2v) is 7.14. The topological polar surface area (TPSA) is 99.6 Å². The molecule has 0 aliphatic heterocycles. The SMILES string of the molecule is C=CN(/N=C(/C)CNc1ncc(C(F)(F)F)c(NCC)n1)S(=O)(=O)CC. The second kappa shape index (κ2) is 8.83. The van der Waals surface area contributed by atoms with Crippen LogP contribution >= 0.6 is 0 Å². The Labute approximate surface area is 150 Å². The number of aromatic nitrogens is 2. The van der Waals surface area contributed by atoms with Crippen LogP contribution in [-0.2, 0) is 16.2 Å². The van der Waals surface area contributed by atoms with Crippen LogP contribution in [0.3, 0.4) is 0 Å². The zero-order valence-corrected chi connectivity index (χ0v) is 15.4. The van der Waals surface area contributed by atoms with Crippen LogP contribution < -0.4 is 10.6 Å². The molecule has 0 saturated carbocycles. The van der Waals surface area contributed by atoms with Gasteiger partial charge in [-0.15, -0.1) is 0 Å². The number of hydrogen-bond donors (Lipinski definition) is 2. The molecule has 12 heteroatoms. The monoisotopic (exact) mass is 394 g/mol. The smallest absolute Gasteiger partial charge is 0.370 e. The van der Waals surface area contributed by atoms with Crippen molar-refractivity contribution in [2.24, 2.45) is 5.10 Å². The minimum atomic E-state index is -4.58. The molecule has 0 aromatic carbocycles. The molecule has 26 heavy (non-hydrogen) atoms. The average Bonchev–Trinajstić information content (AvgIpc) is 2.57. The molecule has 0 bridgehead atoms. The Balaban J connectivity index is 2.94. The van der Waals surface area contributed by atoms with Gasteiger partial charge in [0.2, 0.25) is 5.95 Å². The number of rotatable bonds is 9. The molecule has 0 radical (unpaired) electrons. The van der Waals surface area contributed by atoms with Crippen molar-refractivity contribution in [3.8, 4) is 0 Å². The van der Waals surface area contributed by atoms with Crippen molar-refractivity contribution >= 4 is 27.5 Å². The molecule has 8 nitrogen and oxygen atoms in total. The molecule has 0 fully saturated rings. The zero-order chi connectivity index (χ0) is 20.0. The van der Waals surface area contributed by atoms with Gasteiger partial charge in [0, 0.05) is 18.9 Å². The van der Waals surface area contributed by atoms with Gasteiger partial charge in [-0.2, -0.15) is 27.7 Å². The van der Waals surface area contributed by atoms with Gasteiger partial charge in [0.05, 0.1) is 18.0 Å². The maximum Gasteiger partial charge on any atom is 0.421 e. The molecule has 146 valence electrons. The maximum absolute atomic E-state index is 12.9. The molecule has 0 aliphatic rings. The summed E-state index contributed by atoms with van der Waals surface area (Å²) in [6.45, 7) is 8.33. The van der Waals surface area contributed by atoms with Gasteiger partial charge in [0.15, 0.2) is 0 Å². The average molecular weight is 394 g/mol. The van der Waals surface area contributed by atoms with Crippen molar-refractivity contribution in [2.75, 3.05) is 29.5 Å². The summed E-state index contributed by atoms with van der Waals surface area (Å²) in [5.74, 6) is -0.544. The quantitative estimate of drug-likeness (QED) is 0.493. The molecular formula is C14H21F3N6O2S. The summed E-state index contributed by atoms with van der Waals surface area (Å²) in [6, 6.07) is 0. The third-order valence-corrected chi connectivity index (χ3v) is 4.55. The summed E-state index contributed by atoms with van der Waals surface area (Å²) in [5, 5.41) is 9.14. The summed E-state index contributed by atoms with van der Waals surface area (Å²) in [7, 11) is -3.59. The van der Waals surface area contributed by atoms with Crippen LogP contribution in [0.4, 0.5) is 24.9 Å². The van der Waals surface area contributed by atoms with Gasteiger partial charge < -0.3 is 10.6 Å². The zero-order valence-electron chi connectivity index (χ0n) is 14.6. The van der Waals surface area contributed by atoms with E-state index in [2.05, 4.69) is 32.3 Å². The summed E-state index contributed by atoms with van der Waals surface area (Å²) in [5.41, 5.74) is -0.627. The van der Waals surface area contributed by atoms with Crippen LogP contribution in [0, 0.1) is 0 Å². The van der Waals surface area contributed by atoms with Crippen LogP contribution in [0.25, 0.3) is 0 Å². The number of hydrogen-bond acceptors (Lipinski definition) is 7. The minimum absolute atomic E-state index is 0.0283. The van der Waals surface area contributed by atoms with Crippen molar-refractivity contribution in [1.82, 2.24) is 14.4 Å². The molecule has 2 N–H and O–H groups in total. The van der Waals surface area contributed by atoms with Gasteiger partial charge in [-0.05, 0) is 20.8 Å². The fourth-order valence-electron chi connectivity index (χ4n) is 1.74. The molecule has 0 unspecified atom stereocenters. The molecule has 0 atom stereocenters. The minimum Gasteiger partial charge on any atom is -0.370 e. The van der Waals surface area contributed by atoms with Crippen molar-refractivity contribution in [2.45, 2.75) is 26.9 Å². The number of anilines is 2. The first-order valence-corrected chi connectivity index (χ1v) is 9.26. The molecule has 1 rings (SSSR count). The fourth-order valence-corrected chi connectivity index (χ4v) is 2.49. The van der Waals surface area contributed by atoms with Gasteiger partial charge in [-0.3, -0.25) is 0 Å². The highest BCUT2D eigenvalue weighted by Gasteiger charge is 2.35. The van der Waals surface area contributed by atoms with E-state index < -0.39 is 21.8 Å². The maximum atomic E-state index is 12.9. The number of sulfonamides is 1. The van der Waals surface area contributed by atoms with E-state index in [1.54, 1.807) is 13.8 Å². The summed E-state index contributed by atoms with van der Waals surface area (Å²) in [4.78, 5) is 7.44. The molecule has 0 amide bonds. The lowest BCUT2D eigenvalue weighted by Gasteiger charge is -2.15. The van der Waals surface area contributed by atoms with E-state index in [9.17, 15) is 21.6 Å². The first-order chi connectivity index (χ1) is 12.0. The highest BCUT2D eigenvalue weighted by molar-refractivity contribution is 7.89. The van der Waals surface area contributed by atoms with E-state index >= 15 is 0 Å². The largest absolute Gasteiger partial charge is 0.421 e. The highest BCUT2D eigenvalue weighted by Crippen LogP contribution is 2.33. The van der Waals surface area contributed by atoms with Gasteiger partial charge in [0.25, 0.3) is 10.0 Å². The van der Waals surface area contributed by atoms with E-state index in [1.807, 2.05) is 0 Å². The standard InChI is InChI=1S/C14H21F3N6O2S/c1-5-18-12-11(14(15,16)17)9-20-13(21-12)19-8-10(4)22-23(6-2)26(24,25)7-3/h6,9H,2,5,7-8H2,1,3-4H3,(H2,18,19,20,21)/b22-10-. The van der Waals surface area contributed by atoms with E-state index in [-0.39, 0.29) is 30.6 Å². The third kappa shape index (κ3) is 5.86. The first kappa shape index (κ1) is 21.7. The van der Waals surface area contributed by atoms with E-state index in [0.29, 0.717) is 11.9 Å². The van der Waals surface area contributed by atoms with Gasteiger partial charge >= 0.3 is 6.18 Å². The Morgan fingerprint density at radius 1 is 1.38 bits per heavy atom. The molecular weight excluding hydrogens is 373 g/mol. The molecule has 1 aromatic heterocycles. The summed E-state index contributed by atoms with van der Waals surface area (Å²) in [6.07, 6.45) is -2.84. The first-order valence-electron chi connectivity index (χ1n) is 7.65. The Hall–Kier alpha value is -2.37. The Kier molecular flexibility index (Phi) is 7.36. The van der Waals surface area contributed by atoms with E-state index in [1.165, 1.54) is 6.92 Å². The lowest BCUT2D eigenvalue weighted by molar-refractivity contribution is -0.137. The molecule has 0 aliphatic carbocycles.